The number of sulfonamides is 2. The third-order valence-corrected chi connectivity index (χ3v) is 11.7. The minimum Gasteiger partial charge on any atom is -0.461 e. The highest BCUT2D eigenvalue weighted by atomic mass is 35.5. The minimum absolute atomic E-state index is 0.0225. The average Bonchev–Trinajstić information content (AvgIpc) is 3.89. The van der Waals surface area contributed by atoms with Crippen molar-refractivity contribution in [1.82, 2.24) is 19.9 Å². The van der Waals surface area contributed by atoms with Gasteiger partial charge >= 0.3 is 0 Å². The van der Waals surface area contributed by atoms with Gasteiger partial charge in [-0.15, -0.1) is 0 Å². The van der Waals surface area contributed by atoms with Crippen molar-refractivity contribution in [2.75, 3.05) is 9.44 Å². The Labute approximate surface area is 309 Å². The van der Waals surface area contributed by atoms with Gasteiger partial charge in [-0.1, -0.05) is 47.5 Å². The number of para-hydroxylation sites is 1. The summed E-state index contributed by atoms with van der Waals surface area (Å²) in [6.45, 7) is 0. The van der Waals surface area contributed by atoms with Gasteiger partial charge in [-0.3, -0.25) is 9.44 Å². The van der Waals surface area contributed by atoms with Gasteiger partial charge in [0.2, 0.25) is 0 Å². The summed E-state index contributed by atoms with van der Waals surface area (Å²) in [5, 5.41) is 0.0993. The number of rotatable bonds is 9. The lowest BCUT2D eigenvalue weighted by atomic mass is 10.0. The van der Waals surface area contributed by atoms with Crippen LogP contribution in [0.3, 0.4) is 0 Å². The first kappa shape index (κ1) is 34.4. The molecule has 0 aliphatic rings. The van der Waals surface area contributed by atoms with E-state index in [-0.39, 0.29) is 59.2 Å². The quantitative estimate of drug-likeness (QED) is 0.113. The second-order valence-corrected chi connectivity index (χ2v) is 15.8. The number of nitrogens with zero attached hydrogens (tertiary/aromatic N) is 2. The maximum Gasteiger partial charge on any atom is 0.262 e. The van der Waals surface area contributed by atoms with E-state index in [4.69, 9.17) is 27.6 Å². The van der Waals surface area contributed by atoms with E-state index in [1.807, 2.05) is 0 Å². The Kier molecular flexibility index (Phi) is 8.45. The lowest BCUT2D eigenvalue weighted by Gasteiger charge is -2.14. The van der Waals surface area contributed by atoms with Gasteiger partial charge in [-0.25, -0.2) is 35.6 Å². The summed E-state index contributed by atoms with van der Waals surface area (Å²) in [5.41, 5.74) is 1.26. The lowest BCUT2D eigenvalue weighted by Crippen LogP contribution is -2.13. The number of hydrogen-bond acceptors (Lipinski definition) is 7. The van der Waals surface area contributed by atoms with Gasteiger partial charge in [0.05, 0.1) is 65.1 Å². The number of aromatic amines is 2. The summed E-state index contributed by atoms with van der Waals surface area (Å²) in [5.74, 6) is -1.28. The molecule has 0 saturated heterocycles. The molecule has 3 heterocycles. The molecule has 4 N–H and O–H groups in total. The molecule has 0 saturated carbocycles. The largest absolute Gasteiger partial charge is 0.461 e. The van der Waals surface area contributed by atoms with Crippen molar-refractivity contribution in [3.63, 3.8) is 0 Å². The molecule has 0 aliphatic carbocycles. The number of fused-ring (bicyclic) bond motifs is 2. The van der Waals surface area contributed by atoms with Crippen LogP contribution in [0, 0.1) is 11.6 Å². The zero-order chi connectivity index (χ0) is 37.1. The molecule has 0 aliphatic heterocycles. The number of H-pyrrole nitrogens is 2. The molecule has 53 heavy (non-hydrogen) atoms. The molecule has 0 radical (unpaired) electrons. The van der Waals surface area contributed by atoms with Gasteiger partial charge in [-0.05, 0) is 84.4 Å². The molecule has 0 spiro atoms. The number of halogens is 4. The van der Waals surface area contributed by atoms with Crippen LogP contribution in [-0.4, -0.2) is 36.8 Å². The van der Waals surface area contributed by atoms with Gasteiger partial charge in [0, 0.05) is 5.56 Å². The van der Waals surface area contributed by atoms with Crippen LogP contribution < -0.4 is 9.44 Å². The number of benzene rings is 5. The van der Waals surface area contributed by atoms with Crippen LogP contribution in [0.2, 0.25) is 10.0 Å². The Morgan fingerprint density at radius 3 is 1.85 bits per heavy atom. The van der Waals surface area contributed by atoms with Crippen LogP contribution in [0.25, 0.3) is 56.2 Å². The molecule has 8 aromatic rings. The zero-order valence-electron chi connectivity index (χ0n) is 26.7. The maximum atomic E-state index is 15.7. The van der Waals surface area contributed by atoms with Crippen molar-refractivity contribution in [2.45, 2.75) is 9.79 Å². The Morgan fingerprint density at radius 1 is 0.642 bits per heavy atom. The normalized spacial score (nSPS) is 12.1. The van der Waals surface area contributed by atoms with Gasteiger partial charge < -0.3 is 14.4 Å². The summed E-state index contributed by atoms with van der Waals surface area (Å²) in [7, 11) is -8.27. The van der Waals surface area contributed by atoms with Crippen LogP contribution in [0.15, 0.2) is 124 Å². The number of aromatic nitrogens is 4. The summed E-state index contributed by atoms with van der Waals surface area (Å²) in [6, 6.07) is 24.5. The molecule has 5 aromatic carbocycles. The van der Waals surface area contributed by atoms with Gasteiger partial charge in [0.15, 0.2) is 11.6 Å². The fourth-order valence-electron chi connectivity index (χ4n) is 5.70. The van der Waals surface area contributed by atoms with E-state index in [0.717, 1.165) is 12.1 Å². The highest BCUT2D eigenvalue weighted by Crippen LogP contribution is 2.38. The molecule has 11 nitrogen and oxygen atoms in total. The third kappa shape index (κ3) is 6.48. The van der Waals surface area contributed by atoms with E-state index in [0.29, 0.717) is 22.6 Å². The van der Waals surface area contributed by atoms with Gasteiger partial charge in [-0.2, -0.15) is 0 Å². The minimum atomic E-state index is -4.19. The van der Waals surface area contributed by atoms with E-state index in [1.165, 1.54) is 66.9 Å². The van der Waals surface area contributed by atoms with Gasteiger partial charge in [0.25, 0.3) is 20.0 Å². The second-order valence-electron chi connectivity index (χ2n) is 11.7. The fraction of sp³-hybridized carbons (Fsp3) is 0. The first-order chi connectivity index (χ1) is 25.4. The number of anilines is 2. The fourth-order valence-corrected chi connectivity index (χ4v) is 8.48. The Hall–Kier alpha value is -5.74. The first-order valence-electron chi connectivity index (χ1n) is 15.5. The monoisotopic (exact) mass is 790 g/mol. The molecule has 0 fully saturated rings. The molecule has 0 amide bonds. The molecule has 0 bridgehead atoms. The van der Waals surface area contributed by atoms with Crippen LogP contribution in [0.4, 0.5) is 20.2 Å². The van der Waals surface area contributed by atoms with Crippen LogP contribution in [-0.2, 0) is 20.0 Å². The number of furan rings is 1. The smallest absolute Gasteiger partial charge is 0.262 e. The molecule has 3 aromatic heterocycles. The maximum absolute atomic E-state index is 15.7. The topological polar surface area (TPSA) is 163 Å². The van der Waals surface area contributed by atoms with Crippen molar-refractivity contribution in [3.05, 3.63) is 131 Å². The number of imidazole rings is 2. The molecular formula is C36H22Cl2F2N6O5S2. The van der Waals surface area contributed by atoms with Crippen molar-refractivity contribution in [1.29, 1.82) is 0 Å². The molecule has 0 atom stereocenters. The van der Waals surface area contributed by atoms with E-state index in [2.05, 4.69) is 29.4 Å². The summed E-state index contributed by atoms with van der Waals surface area (Å²) in [6.07, 6.45) is 1.49. The predicted octanol–water partition coefficient (Wildman–Crippen LogP) is 9.22. The highest BCUT2D eigenvalue weighted by Gasteiger charge is 2.23. The zero-order valence-corrected chi connectivity index (χ0v) is 29.8. The molecule has 0 unspecified atom stereocenters. The highest BCUT2D eigenvalue weighted by molar-refractivity contribution is 7.93. The van der Waals surface area contributed by atoms with Crippen molar-refractivity contribution < 1.29 is 30.0 Å². The Balaban J connectivity index is 1.07. The van der Waals surface area contributed by atoms with Crippen LogP contribution in [0.1, 0.15) is 0 Å². The van der Waals surface area contributed by atoms with Crippen molar-refractivity contribution >= 4 is 76.7 Å². The second kappa shape index (κ2) is 13.0. The average molecular weight is 792 g/mol. The summed E-state index contributed by atoms with van der Waals surface area (Å²) in [4.78, 5) is 14.3. The third-order valence-electron chi connectivity index (χ3n) is 8.23. The van der Waals surface area contributed by atoms with Crippen LogP contribution >= 0.6 is 23.2 Å². The van der Waals surface area contributed by atoms with Gasteiger partial charge in [0.1, 0.15) is 17.5 Å². The number of hydrogen-bond donors (Lipinski definition) is 4. The van der Waals surface area contributed by atoms with E-state index in [9.17, 15) is 16.8 Å². The summed E-state index contributed by atoms with van der Waals surface area (Å²) >= 11 is 12.7. The van der Waals surface area contributed by atoms with Crippen molar-refractivity contribution in [2.24, 2.45) is 0 Å². The standard InChI is InChI=1S/C36H22Cl2F2N6O5S2/c37-23-6-1-2-7-26(23)45-52(47,48)20-11-13-28-31(18-20)44-36(42-28)33-24(39)15-19(16-25(33)40)22-5-3-8-29(34(22)38)46-53(49,50)21-10-12-27-30(17-21)43-35(41-27)32-9-4-14-51-32/h1-18,45-46H,(H,41,43)(H,42,44). The van der Waals surface area contributed by atoms with E-state index < -0.39 is 37.2 Å². The molecule has 266 valence electrons. The molecular weight excluding hydrogens is 769 g/mol. The lowest BCUT2D eigenvalue weighted by molar-refractivity contribution is 0.578. The predicted molar refractivity (Wildman–Crippen MR) is 199 cm³/mol. The molecule has 17 heteroatoms. The van der Waals surface area contributed by atoms with E-state index in [1.54, 1.807) is 30.3 Å². The SMILES string of the molecule is O=S(=O)(Nc1ccccc1Cl)c1ccc2nc(-c3c(F)cc(-c4cccc(NS(=O)(=O)c5ccc6nc(-c7ccco7)[nH]c6c5)c4Cl)cc3F)[nH]c2c1. The van der Waals surface area contributed by atoms with Crippen molar-refractivity contribution in [3.8, 4) is 34.1 Å². The first-order valence-corrected chi connectivity index (χ1v) is 19.2. The Bertz CT molecular complexity index is 2930. The number of nitrogens with one attached hydrogen (secondary N) is 4. The summed E-state index contributed by atoms with van der Waals surface area (Å²) < 4.78 is 94.7. The van der Waals surface area contributed by atoms with Crippen LogP contribution in [0.5, 0.6) is 0 Å². The van der Waals surface area contributed by atoms with E-state index >= 15 is 8.78 Å². The Morgan fingerprint density at radius 2 is 1.23 bits per heavy atom. The molecule has 8 rings (SSSR count).